The van der Waals surface area contributed by atoms with Gasteiger partial charge in [0, 0.05) is 31.0 Å². The minimum absolute atomic E-state index is 0.0194. The van der Waals surface area contributed by atoms with Crippen molar-refractivity contribution in [3.8, 4) is 0 Å². The predicted molar refractivity (Wildman–Crippen MR) is 80.0 cm³/mol. The highest BCUT2D eigenvalue weighted by molar-refractivity contribution is 5.79. The molecule has 2 amide bonds. The topological polar surface area (TPSA) is 75.4 Å². The quantitative estimate of drug-likeness (QED) is 0.767. The Kier molecular flexibility index (Phi) is 6.99. The van der Waals surface area contributed by atoms with Gasteiger partial charge in [0.05, 0.1) is 0 Å². The van der Waals surface area contributed by atoms with E-state index in [9.17, 15) is 9.59 Å². The van der Waals surface area contributed by atoms with Crippen molar-refractivity contribution in [2.24, 2.45) is 17.6 Å². The molecule has 0 bridgehead atoms. The molecule has 0 radical (unpaired) electrons. The van der Waals surface area contributed by atoms with Gasteiger partial charge in [-0.15, -0.1) is 0 Å². The number of amides is 2. The van der Waals surface area contributed by atoms with Crippen molar-refractivity contribution in [2.75, 3.05) is 19.6 Å². The number of nitrogens with zero attached hydrogens (tertiary/aromatic N) is 1. The molecule has 0 aromatic heterocycles. The molecule has 3 N–H and O–H groups in total. The molecule has 116 valence electrons. The summed E-state index contributed by atoms with van der Waals surface area (Å²) in [4.78, 5) is 25.8. The van der Waals surface area contributed by atoms with Gasteiger partial charge in [-0.2, -0.15) is 0 Å². The van der Waals surface area contributed by atoms with Crippen molar-refractivity contribution in [3.63, 3.8) is 0 Å². The van der Waals surface area contributed by atoms with Crippen LogP contribution in [0.2, 0.25) is 0 Å². The second-order valence-electron chi connectivity index (χ2n) is 6.09. The summed E-state index contributed by atoms with van der Waals surface area (Å²) < 4.78 is 0. The third-order valence-electron chi connectivity index (χ3n) is 3.94. The van der Waals surface area contributed by atoms with Gasteiger partial charge in [-0.05, 0) is 32.2 Å². The SMILES string of the molecule is CC(C)C(=O)NC1CCN(C(=O)C(C)CCCN)CC1. The summed E-state index contributed by atoms with van der Waals surface area (Å²) >= 11 is 0. The highest BCUT2D eigenvalue weighted by Gasteiger charge is 2.26. The Balaban J connectivity index is 2.34. The van der Waals surface area contributed by atoms with Crippen molar-refractivity contribution in [3.05, 3.63) is 0 Å². The van der Waals surface area contributed by atoms with Gasteiger partial charge in [0.1, 0.15) is 0 Å². The number of piperidine rings is 1. The molecule has 1 aliphatic rings. The van der Waals surface area contributed by atoms with Gasteiger partial charge in [-0.1, -0.05) is 20.8 Å². The average molecular weight is 283 g/mol. The molecule has 0 spiro atoms. The zero-order chi connectivity index (χ0) is 15.1. The van der Waals surface area contributed by atoms with Crippen LogP contribution in [0.4, 0.5) is 0 Å². The number of carbonyl (C=O) groups excluding carboxylic acids is 2. The molecule has 1 heterocycles. The Labute approximate surface area is 122 Å². The van der Waals surface area contributed by atoms with E-state index in [4.69, 9.17) is 5.73 Å². The average Bonchev–Trinajstić information content (AvgIpc) is 2.44. The Morgan fingerprint density at radius 2 is 1.85 bits per heavy atom. The molecule has 1 aliphatic heterocycles. The van der Waals surface area contributed by atoms with E-state index in [-0.39, 0.29) is 29.7 Å². The van der Waals surface area contributed by atoms with Crippen molar-refractivity contribution in [1.29, 1.82) is 0 Å². The van der Waals surface area contributed by atoms with E-state index >= 15 is 0 Å². The number of carbonyl (C=O) groups is 2. The summed E-state index contributed by atoms with van der Waals surface area (Å²) in [6.07, 6.45) is 3.47. The molecule has 0 aromatic rings. The Morgan fingerprint density at radius 1 is 1.25 bits per heavy atom. The fraction of sp³-hybridized carbons (Fsp3) is 0.867. The van der Waals surface area contributed by atoms with Gasteiger partial charge in [-0.3, -0.25) is 9.59 Å². The van der Waals surface area contributed by atoms with Gasteiger partial charge >= 0.3 is 0 Å². The van der Waals surface area contributed by atoms with Gasteiger partial charge < -0.3 is 16.0 Å². The molecule has 20 heavy (non-hydrogen) atoms. The molecule has 0 aliphatic carbocycles. The van der Waals surface area contributed by atoms with Crippen LogP contribution in [0.5, 0.6) is 0 Å². The highest BCUT2D eigenvalue weighted by atomic mass is 16.2. The monoisotopic (exact) mass is 283 g/mol. The predicted octanol–water partition coefficient (Wildman–Crippen LogP) is 1.12. The second kappa shape index (κ2) is 8.25. The number of likely N-dealkylation sites (tertiary alicyclic amines) is 1. The summed E-state index contributed by atoms with van der Waals surface area (Å²) in [5, 5.41) is 3.05. The van der Waals surface area contributed by atoms with E-state index in [0.717, 1.165) is 38.8 Å². The van der Waals surface area contributed by atoms with Crippen LogP contribution < -0.4 is 11.1 Å². The molecule has 1 unspecified atom stereocenters. The summed E-state index contributed by atoms with van der Waals surface area (Å²) in [5.74, 6) is 0.407. The first-order chi connectivity index (χ1) is 9.45. The van der Waals surface area contributed by atoms with Gasteiger partial charge in [0.15, 0.2) is 0 Å². The van der Waals surface area contributed by atoms with Gasteiger partial charge in [-0.25, -0.2) is 0 Å². The maximum absolute atomic E-state index is 12.2. The van der Waals surface area contributed by atoms with E-state index in [1.165, 1.54) is 0 Å². The fourth-order valence-electron chi connectivity index (χ4n) is 2.47. The number of rotatable bonds is 6. The normalized spacial score (nSPS) is 18.1. The Morgan fingerprint density at radius 3 is 2.35 bits per heavy atom. The third-order valence-corrected chi connectivity index (χ3v) is 3.94. The molecule has 1 rings (SSSR count). The molecule has 1 atom stereocenters. The first kappa shape index (κ1) is 17.0. The Hall–Kier alpha value is -1.10. The lowest BCUT2D eigenvalue weighted by molar-refractivity contribution is -0.136. The van der Waals surface area contributed by atoms with Gasteiger partial charge in [0.2, 0.25) is 11.8 Å². The van der Waals surface area contributed by atoms with E-state index < -0.39 is 0 Å². The third kappa shape index (κ3) is 5.12. The molecule has 0 aromatic carbocycles. The smallest absolute Gasteiger partial charge is 0.225 e. The van der Waals surface area contributed by atoms with Crippen molar-refractivity contribution >= 4 is 11.8 Å². The van der Waals surface area contributed by atoms with Crippen LogP contribution in [0, 0.1) is 11.8 Å². The molecule has 1 saturated heterocycles. The molecular formula is C15H29N3O2. The first-order valence-electron chi connectivity index (χ1n) is 7.75. The van der Waals surface area contributed by atoms with Crippen LogP contribution in [0.3, 0.4) is 0 Å². The van der Waals surface area contributed by atoms with E-state index in [1.807, 2.05) is 25.7 Å². The maximum atomic E-state index is 12.2. The lowest BCUT2D eigenvalue weighted by atomic mass is 9.99. The summed E-state index contributed by atoms with van der Waals surface area (Å²) in [7, 11) is 0. The van der Waals surface area contributed by atoms with Gasteiger partial charge in [0.25, 0.3) is 0 Å². The highest BCUT2D eigenvalue weighted by Crippen LogP contribution is 2.16. The minimum atomic E-state index is 0.0194. The van der Waals surface area contributed by atoms with Crippen LogP contribution in [0.15, 0.2) is 0 Å². The summed E-state index contributed by atoms with van der Waals surface area (Å²) in [5.41, 5.74) is 5.48. The Bertz CT molecular complexity index is 323. The maximum Gasteiger partial charge on any atom is 0.225 e. The molecule has 0 saturated carbocycles. The standard InChI is InChI=1S/C15H29N3O2/c1-11(2)14(19)17-13-6-9-18(10-7-13)15(20)12(3)5-4-8-16/h11-13H,4-10,16H2,1-3H3,(H,17,19). The molecule has 5 nitrogen and oxygen atoms in total. The summed E-state index contributed by atoms with van der Waals surface area (Å²) in [6, 6.07) is 0.216. The van der Waals surface area contributed by atoms with Crippen molar-refractivity contribution in [1.82, 2.24) is 10.2 Å². The lowest BCUT2D eigenvalue weighted by Crippen LogP contribution is -2.48. The first-order valence-corrected chi connectivity index (χ1v) is 7.75. The largest absolute Gasteiger partial charge is 0.353 e. The van der Waals surface area contributed by atoms with Crippen molar-refractivity contribution < 1.29 is 9.59 Å². The fourth-order valence-corrected chi connectivity index (χ4v) is 2.47. The van der Waals surface area contributed by atoms with Crippen LogP contribution in [0.1, 0.15) is 46.5 Å². The molecule has 1 fully saturated rings. The number of nitrogens with one attached hydrogen (secondary N) is 1. The van der Waals surface area contributed by atoms with E-state index in [1.54, 1.807) is 0 Å². The van der Waals surface area contributed by atoms with E-state index in [0.29, 0.717) is 6.54 Å². The molecular weight excluding hydrogens is 254 g/mol. The molecule has 5 heteroatoms. The lowest BCUT2D eigenvalue weighted by Gasteiger charge is -2.34. The zero-order valence-electron chi connectivity index (χ0n) is 13.0. The van der Waals surface area contributed by atoms with Crippen LogP contribution in [-0.4, -0.2) is 42.4 Å². The van der Waals surface area contributed by atoms with E-state index in [2.05, 4.69) is 5.32 Å². The number of hydrogen-bond acceptors (Lipinski definition) is 3. The second-order valence-corrected chi connectivity index (χ2v) is 6.09. The van der Waals surface area contributed by atoms with Crippen LogP contribution in [-0.2, 0) is 9.59 Å². The van der Waals surface area contributed by atoms with Crippen LogP contribution >= 0.6 is 0 Å². The summed E-state index contributed by atoms with van der Waals surface area (Å²) in [6.45, 7) is 7.90. The van der Waals surface area contributed by atoms with Crippen molar-refractivity contribution in [2.45, 2.75) is 52.5 Å². The number of hydrogen-bond donors (Lipinski definition) is 2. The van der Waals surface area contributed by atoms with Crippen LogP contribution in [0.25, 0.3) is 0 Å². The number of nitrogens with two attached hydrogens (primary N) is 1. The minimum Gasteiger partial charge on any atom is -0.353 e. The zero-order valence-corrected chi connectivity index (χ0v) is 13.0.